The number of aromatic nitrogens is 2. The summed E-state index contributed by atoms with van der Waals surface area (Å²) in [5, 5.41) is 11.0. The molecule has 158 valence electrons. The Labute approximate surface area is 169 Å². The number of hydrogen-bond donors (Lipinski definition) is 2. The molecule has 2 aromatic rings. The number of nitrogens with zero attached hydrogens (tertiary/aromatic N) is 3. The van der Waals surface area contributed by atoms with Gasteiger partial charge in [0.05, 0.1) is 17.8 Å². The average Bonchev–Trinajstić information content (AvgIpc) is 3.42. The van der Waals surface area contributed by atoms with Gasteiger partial charge in [-0.1, -0.05) is 18.2 Å². The molecule has 29 heavy (non-hydrogen) atoms. The minimum Gasteiger partial charge on any atom is -0.357 e. The Hall–Kier alpha value is -2.51. The molecule has 0 radical (unpaired) electrons. The zero-order chi connectivity index (χ0) is 21.2. The van der Waals surface area contributed by atoms with Crippen molar-refractivity contribution >= 4 is 5.96 Å². The average molecular weight is 407 g/mol. The van der Waals surface area contributed by atoms with Crippen LogP contribution < -0.4 is 10.6 Å². The molecule has 1 saturated carbocycles. The van der Waals surface area contributed by atoms with Crippen molar-refractivity contribution in [2.75, 3.05) is 13.1 Å². The Kier molecular flexibility index (Phi) is 5.91. The van der Waals surface area contributed by atoms with E-state index < -0.39 is 11.7 Å². The minimum absolute atomic E-state index is 0.266. The van der Waals surface area contributed by atoms with Crippen molar-refractivity contribution in [3.05, 3.63) is 52.3 Å². The van der Waals surface area contributed by atoms with Gasteiger partial charge in [-0.3, -0.25) is 4.68 Å². The zero-order valence-electron chi connectivity index (χ0n) is 17.3. The van der Waals surface area contributed by atoms with Gasteiger partial charge in [-0.05, 0) is 45.2 Å². The highest BCUT2D eigenvalue weighted by Crippen LogP contribution is 2.48. The second-order valence-electron chi connectivity index (χ2n) is 7.68. The van der Waals surface area contributed by atoms with Gasteiger partial charge >= 0.3 is 6.18 Å². The van der Waals surface area contributed by atoms with Crippen molar-refractivity contribution in [1.29, 1.82) is 0 Å². The normalized spacial score (nSPS) is 16.0. The number of alkyl halides is 3. The Morgan fingerprint density at radius 2 is 1.97 bits per heavy atom. The highest BCUT2D eigenvalue weighted by Gasteiger charge is 2.45. The van der Waals surface area contributed by atoms with E-state index in [-0.39, 0.29) is 5.41 Å². The molecule has 2 N–H and O–H groups in total. The first-order valence-electron chi connectivity index (χ1n) is 9.85. The lowest BCUT2D eigenvalue weighted by atomic mass is 9.94. The molecule has 0 bridgehead atoms. The predicted octanol–water partition coefficient (Wildman–Crippen LogP) is 3.84. The SMILES string of the molecule is CCNC(=NCc1c(C)nn(C)c1C)NCC1(c2cccc(C(F)(F)F)c2)CC1. The Balaban J connectivity index is 1.72. The summed E-state index contributed by atoms with van der Waals surface area (Å²) in [6.07, 6.45) is -2.60. The molecule has 0 aliphatic heterocycles. The van der Waals surface area contributed by atoms with Gasteiger partial charge < -0.3 is 10.6 Å². The first-order chi connectivity index (χ1) is 13.7. The van der Waals surface area contributed by atoms with E-state index >= 15 is 0 Å². The molecule has 1 fully saturated rings. The smallest absolute Gasteiger partial charge is 0.357 e. The van der Waals surface area contributed by atoms with Crippen LogP contribution in [-0.4, -0.2) is 28.8 Å². The highest BCUT2D eigenvalue weighted by atomic mass is 19.4. The van der Waals surface area contributed by atoms with Gasteiger partial charge in [0.15, 0.2) is 5.96 Å². The third-order valence-electron chi connectivity index (χ3n) is 5.65. The molecule has 0 amide bonds. The molecule has 1 aromatic heterocycles. The van der Waals surface area contributed by atoms with Crippen molar-refractivity contribution in [2.24, 2.45) is 12.0 Å². The van der Waals surface area contributed by atoms with Crippen LogP contribution in [-0.2, 0) is 25.2 Å². The fourth-order valence-corrected chi connectivity index (χ4v) is 3.54. The second kappa shape index (κ2) is 8.08. The van der Waals surface area contributed by atoms with Crippen LogP contribution in [0.1, 0.15) is 47.8 Å². The summed E-state index contributed by atoms with van der Waals surface area (Å²) in [6.45, 7) is 7.70. The van der Waals surface area contributed by atoms with Crippen molar-refractivity contribution < 1.29 is 13.2 Å². The Bertz CT molecular complexity index is 894. The number of benzene rings is 1. The van der Waals surface area contributed by atoms with E-state index in [2.05, 4.69) is 20.7 Å². The third kappa shape index (κ3) is 4.74. The van der Waals surface area contributed by atoms with Crippen LogP contribution in [0.15, 0.2) is 29.3 Å². The maximum Gasteiger partial charge on any atom is 0.416 e. The fraction of sp³-hybridized carbons (Fsp3) is 0.524. The molecule has 3 rings (SSSR count). The number of hydrogen-bond acceptors (Lipinski definition) is 2. The maximum atomic E-state index is 13.1. The molecule has 0 unspecified atom stereocenters. The summed E-state index contributed by atoms with van der Waals surface area (Å²) in [5.74, 6) is 0.661. The molecular formula is C21H28F3N5. The van der Waals surface area contributed by atoms with Crippen LogP contribution in [0.25, 0.3) is 0 Å². The minimum atomic E-state index is -4.32. The van der Waals surface area contributed by atoms with Crippen LogP contribution in [0.3, 0.4) is 0 Å². The van der Waals surface area contributed by atoms with Crippen LogP contribution in [0, 0.1) is 13.8 Å². The molecule has 1 heterocycles. The summed E-state index contributed by atoms with van der Waals surface area (Å²) in [6, 6.07) is 5.68. The molecular weight excluding hydrogens is 379 g/mol. The van der Waals surface area contributed by atoms with Gasteiger partial charge in [0.1, 0.15) is 0 Å². The van der Waals surface area contributed by atoms with E-state index in [9.17, 15) is 13.2 Å². The predicted molar refractivity (Wildman–Crippen MR) is 108 cm³/mol. The second-order valence-corrected chi connectivity index (χ2v) is 7.68. The molecule has 5 nitrogen and oxygen atoms in total. The number of guanidine groups is 1. The lowest BCUT2D eigenvalue weighted by Gasteiger charge is -2.20. The summed E-state index contributed by atoms with van der Waals surface area (Å²) in [5.41, 5.74) is 2.98. The standard InChI is InChI=1S/C21H28F3N5/c1-5-25-19(26-12-18-14(2)28-29(4)15(18)3)27-13-20(9-10-20)16-7-6-8-17(11-16)21(22,23)24/h6-8,11H,5,9-10,12-13H2,1-4H3,(H2,25,26,27). The lowest BCUT2D eigenvalue weighted by Crippen LogP contribution is -2.41. The molecule has 0 spiro atoms. The third-order valence-corrected chi connectivity index (χ3v) is 5.65. The molecule has 8 heteroatoms. The van der Waals surface area contributed by atoms with Crippen LogP contribution in [0.5, 0.6) is 0 Å². The first kappa shape index (κ1) is 21.2. The van der Waals surface area contributed by atoms with E-state index in [4.69, 9.17) is 0 Å². The van der Waals surface area contributed by atoms with Crippen LogP contribution in [0.4, 0.5) is 13.2 Å². The van der Waals surface area contributed by atoms with Gasteiger partial charge in [-0.2, -0.15) is 18.3 Å². The Morgan fingerprint density at radius 1 is 1.24 bits per heavy atom. The number of nitrogens with one attached hydrogen (secondary N) is 2. The Morgan fingerprint density at radius 3 is 2.52 bits per heavy atom. The molecule has 0 saturated heterocycles. The summed E-state index contributed by atoms with van der Waals surface area (Å²) < 4.78 is 41.0. The summed E-state index contributed by atoms with van der Waals surface area (Å²) in [7, 11) is 1.91. The van der Waals surface area contributed by atoms with Gasteiger partial charge in [-0.25, -0.2) is 4.99 Å². The fourth-order valence-electron chi connectivity index (χ4n) is 3.54. The number of aryl methyl sites for hydroxylation is 2. The van der Waals surface area contributed by atoms with E-state index in [0.29, 0.717) is 25.6 Å². The first-order valence-corrected chi connectivity index (χ1v) is 9.85. The van der Waals surface area contributed by atoms with Crippen molar-refractivity contribution in [3.63, 3.8) is 0 Å². The van der Waals surface area contributed by atoms with Crippen molar-refractivity contribution in [2.45, 2.75) is 51.7 Å². The maximum absolute atomic E-state index is 13.1. The van der Waals surface area contributed by atoms with Crippen LogP contribution >= 0.6 is 0 Å². The van der Waals surface area contributed by atoms with Gasteiger partial charge in [0, 0.05) is 36.8 Å². The van der Waals surface area contributed by atoms with E-state index in [1.54, 1.807) is 6.07 Å². The zero-order valence-corrected chi connectivity index (χ0v) is 17.3. The number of rotatable bonds is 6. The molecule has 0 atom stereocenters. The summed E-state index contributed by atoms with van der Waals surface area (Å²) in [4.78, 5) is 4.66. The van der Waals surface area contributed by atoms with E-state index in [1.165, 1.54) is 12.1 Å². The lowest BCUT2D eigenvalue weighted by molar-refractivity contribution is -0.137. The molecule has 1 aliphatic rings. The van der Waals surface area contributed by atoms with Crippen LogP contribution in [0.2, 0.25) is 0 Å². The monoisotopic (exact) mass is 407 g/mol. The van der Waals surface area contributed by atoms with Crippen molar-refractivity contribution in [3.8, 4) is 0 Å². The topological polar surface area (TPSA) is 54.2 Å². The molecule has 1 aliphatic carbocycles. The molecule has 1 aromatic carbocycles. The highest BCUT2D eigenvalue weighted by molar-refractivity contribution is 5.80. The van der Waals surface area contributed by atoms with E-state index in [1.807, 2.05) is 32.5 Å². The van der Waals surface area contributed by atoms with E-state index in [0.717, 1.165) is 41.4 Å². The van der Waals surface area contributed by atoms with Crippen molar-refractivity contribution in [1.82, 2.24) is 20.4 Å². The summed E-state index contributed by atoms with van der Waals surface area (Å²) >= 11 is 0. The number of halogens is 3. The van der Waals surface area contributed by atoms with Gasteiger partial charge in [-0.15, -0.1) is 0 Å². The largest absolute Gasteiger partial charge is 0.416 e. The quantitative estimate of drug-likeness (QED) is 0.565. The van der Waals surface area contributed by atoms with Gasteiger partial charge in [0.2, 0.25) is 0 Å². The van der Waals surface area contributed by atoms with Gasteiger partial charge in [0.25, 0.3) is 0 Å². The number of aliphatic imine (C=N–C) groups is 1.